The third-order valence-corrected chi connectivity index (χ3v) is 5.04. The molecule has 0 fully saturated rings. The van der Waals surface area contributed by atoms with Crippen molar-refractivity contribution in [3.63, 3.8) is 0 Å². The van der Waals surface area contributed by atoms with Crippen LogP contribution in [-0.2, 0) is 19.6 Å². The summed E-state index contributed by atoms with van der Waals surface area (Å²) in [4.78, 5) is 27.2. The van der Waals surface area contributed by atoms with Crippen LogP contribution in [0, 0.1) is 12.7 Å². The second-order valence-electron chi connectivity index (χ2n) is 5.20. The van der Waals surface area contributed by atoms with E-state index in [0.29, 0.717) is 16.7 Å². The Morgan fingerprint density at radius 2 is 2.00 bits per heavy atom. The standard InChI is InChI=1S/C15H12Cl2FN3O5S/c1-7-10(16)5-20-14(13(7)17)21-12(22)6-26-15(23)9-4-8(27(19,24)25)2-3-11(9)18/h2-5H,6H2,1H3,(H2,19,24,25)(H,20,21,22). The summed E-state index contributed by atoms with van der Waals surface area (Å²) in [6.07, 6.45) is 1.28. The molecule has 1 aromatic carbocycles. The lowest BCUT2D eigenvalue weighted by Crippen LogP contribution is -2.22. The number of sulfonamides is 1. The van der Waals surface area contributed by atoms with Crippen LogP contribution in [-0.4, -0.2) is 31.9 Å². The summed E-state index contributed by atoms with van der Waals surface area (Å²) in [7, 11) is -4.15. The fraction of sp³-hybridized carbons (Fsp3) is 0.133. The SMILES string of the molecule is Cc1c(Cl)cnc(NC(=O)COC(=O)c2cc(S(N)(=O)=O)ccc2F)c1Cl. The van der Waals surface area contributed by atoms with Crippen molar-refractivity contribution in [2.24, 2.45) is 5.14 Å². The third kappa shape index (κ3) is 5.13. The van der Waals surface area contributed by atoms with E-state index in [1.54, 1.807) is 6.92 Å². The molecule has 2 rings (SSSR count). The van der Waals surface area contributed by atoms with Gasteiger partial charge in [0.25, 0.3) is 5.91 Å². The Labute approximate surface area is 163 Å². The van der Waals surface area contributed by atoms with Crippen LogP contribution in [0.2, 0.25) is 10.0 Å². The van der Waals surface area contributed by atoms with Crippen LogP contribution < -0.4 is 10.5 Å². The number of ether oxygens (including phenoxy) is 1. The highest BCUT2D eigenvalue weighted by Gasteiger charge is 2.19. The lowest BCUT2D eigenvalue weighted by atomic mass is 10.2. The molecule has 1 amide bonds. The highest BCUT2D eigenvalue weighted by atomic mass is 35.5. The first-order valence-corrected chi connectivity index (χ1v) is 9.41. The maximum atomic E-state index is 13.7. The van der Waals surface area contributed by atoms with E-state index in [1.807, 2.05) is 0 Å². The van der Waals surface area contributed by atoms with Crippen LogP contribution >= 0.6 is 23.2 Å². The molecule has 2 aromatic rings. The molecule has 1 aromatic heterocycles. The van der Waals surface area contributed by atoms with Crippen molar-refractivity contribution in [2.45, 2.75) is 11.8 Å². The summed E-state index contributed by atoms with van der Waals surface area (Å²) in [5, 5.41) is 7.64. The number of esters is 1. The Hall–Kier alpha value is -2.27. The van der Waals surface area contributed by atoms with Crippen molar-refractivity contribution in [3.8, 4) is 0 Å². The molecule has 0 saturated heterocycles. The van der Waals surface area contributed by atoms with Gasteiger partial charge in [-0.25, -0.2) is 27.7 Å². The van der Waals surface area contributed by atoms with Crippen molar-refractivity contribution in [2.75, 3.05) is 11.9 Å². The number of pyridine rings is 1. The van der Waals surface area contributed by atoms with Gasteiger partial charge < -0.3 is 10.1 Å². The van der Waals surface area contributed by atoms with Crippen LogP contribution in [0.5, 0.6) is 0 Å². The third-order valence-electron chi connectivity index (χ3n) is 3.28. The van der Waals surface area contributed by atoms with E-state index in [2.05, 4.69) is 15.0 Å². The number of rotatable bonds is 5. The maximum absolute atomic E-state index is 13.7. The average Bonchev–Trinajstić information content (AvgIpc) is 2.59. The zero-order valence-corrected chi connectivity index (χ0v) is 16.0. The van der Waals surface area contributed by atoms with Gasteiger partial charge in [-0.2, -0.15) is 0 Å². The predicted molar refractivity (Wildman–Crippen MR) is 95.7 cm³/mol. The van der Waals surface area contributed by atoms with Crippen molar-refractivity contribution in [1.29, 1.82) is 0 Å². The summed E-state index contributed by atoms with van der Waals surface area (Å²) in [5.74, 6) is -3.09. The molecule has 0 bridgehead atoms. The first-order valence-electron chi connectivity index (χ1n) is 7.10. The normalized spacial score (nSPS) is 11.1. The van der Waals surface area contributed by atoms with Gasteiger partial charge in [-0.3, -0.25) is 4.79 Å². The molecular formula is C15H12Cl2FN3O5S. The van der Waals surface area contributed by atoms with Gasteiger partial charge in [-0.15, -0.1) is 0 Å². The van der Waals surface area contributed by atoms with E-state index < -0.39 is 44.8 Å². The Morgan fingerprint density at radius 3 is 2.63 bits per heavy atom. The summed E-state index contributed by atoms with van der Waals surface area (Å²) in [6.45, 7) is 0.820. The van der Waals surface area contributed by atoms with Crippen LogP contribution in [0.3, 0.4) is 0 Å². The number of carbonyl (C=O) groups is 2. The van der Waals surface area contributed by atoms with E-state index in [-0.39, 0.29) is 10.8 Å². The molecule has 0 radical (unpaired) electrons. The van der Waals surface area contributed by atoms with Crippen molar-refractivity contribution < 1.29 is 27.1 Å². The van der Waals surface area contributed by atoms with Crippen LogP contribution in [0.4, 0.5) is 10.2 Å². The van der Waals surface area contributed by atoms with Crippen LogP contribution in [0.1, 0.15) is 15.9 Å². The lowest BCUT2D eigenvalue weighted by molar-refractivity contribution is -0.119. The lowest BCUT2D eigenvalue weighted by Gasteiger charge is -2.10. The number of nitrogens with one attached hydrogen (secondary N) is 1. The van der Waals surface area contributed by atoms with Crippen LogP contribution in [0.15, 0.2) is 29.3 Å². The summed E-state index contributed by atoms with van der Waals surface area (Å²) >= 11 is 11.8. The minimum absolute atomic E-state index is 0.00187. The Kier molecular flexibility index (Phi) is 6.37. The first-order chi connectivity index (χ1) is 12.5. The topological polar surface area (TPSA) is 128 Å². The molecule has 0 unspecified atom stereocenters. The van der Waals surface area contributed by atoms with E-state index in [1.165, 1.54) is 6.20 Å². The average molecular weight is 436 g/mol. The largest absolute Gasteiger partial charge is 0.452 e. The molecule has 0 atom stereocenters. The number of nitrogens with zero attached hydrogens (tertiary/aromatic N) is 1. The summed E-state index contributed by atoms with van der Waals surface area (Å²) in [6, 6.07) is 2.35. The number of halogens is 3. The van der Waals surface area contributed by atoms with Gasteiger partial charge in [-0.05, 0) is 30.7 Å². The van der Waals surface area contributed by atoms with Gasteiger partial charge in [-0.1, -0.05) is 23.2 Å². The maximum Gasteiger partial charge on any atom is 0.341 e. The predicted octanol–water partition coefficient (Wildman–Crippen LogP) is 2.28. The van der Waals surface area contributed by atoms with Crippen molar-refractivity contribution in [1.82, 2.24) is 4.98 Å². The molecule has 0 saturated carbocycles. The second-order valence-corrected chi connectivity index (χ2v) is 7.55. The highest BCUT2D eigenvalue weighted by Crippen LogP contribution is 2.28. The molecule has 0 aliphatic heterocycles. The number of nitrogens with two attached hydrogens (primary N) is 1. The number of amides is 1. The molecular weight excluding hydrogens is 424 g/mol. The minimum atomic E-state index is -4.15. The van der Waals surface area contributed by atoms with E-state index in [4.69, 9.17) is 28.3 Å². The molecule has 144 valence electrons. The Balaban J connectivity index is 2.08. The number of aromatic nitrogens is 1. The van der Waals surface area contributed by atoms with Crippen molar-refractivity contribution >= 4 is 50.9 Å². The minimum Gasteiger partial charge on any atom is -0.452 e. The molecule has 1 heterocycles. The quantitative estimate of drug-likeness (QED) is 0.692. The van der Waals surface area contributed by atoms with Gasteiger partial charge in [0.1, 0.15) is 5.82 Å². The fourth-order valence-corrected chi connectivity index (χ4v) is 2.79. The molecule has 0 aliphatic carbocycles. The molecule has 27 heavy (non-hydrogen) atoms. The zero-order chi connectivity index (χ0) is 20.4. The number of anilines is 1. The number of hydrogen-bond acceptors (Lipinski definition) is 6. The molecule has 8 nitrogen and oxygen atoms in total. The van der Waals surface area contributed by atoms with Gasteiger partial charge >= 0.3 is 5.97 Å². The van der Waals surface area contributed by atoms with E-state index in [0.717, 1.165) is 12.1 Å². The zero-order valence-electron chi connectivity index (χ0n) is 13.6. The molecule has 0 spiro atoms. The number of primary sulfonamides is 1. The highest BCUT2D eigenvalue weighted by molar-refractivity contribution is 7.89. The number of hydrogen-bond donors (Lipinski definition) is 2. The van der Waals surface area contributed by atoms with Gasteiger partial charge in [0.15, 0.2) is 12.4 Å². The van der Waals surface area contributed by atoms with Crippen molar-refractivity contribution in [3.05, 3.63) is 51.4 Å². The van der Waals surface area contributed by atoms with Gasteiger partial charge in [0.2, 0.25) is 10.0 Å². The molecule has 12 heteroatoms. The van der Waals surface area contributed by atoms with E-state index in [9.17, 15) is 22.4 Å². The van der Waals surface area contributed by atoms with Gasteiger partial charge in [0.05, 0.1) is 20.5 Å². The van der Waals surface area contributed by atoms with Gasteiger partial charge in [0, 0.05) is 6.20 Å². The number of carbonyl (C=O) groups excluding carboxylic acids is 2. The summed E-state index contributed by atoms with van der Waals surface area (Å²) in [5.41, 5.74) is -0.199. The van der Waals surface area contributed by atoms with Crippen LogP contribution in [0.25, 0.3) is 0 Å². The van der Waals surface area contributed by atoms with E-state index >= 15 is 0 Å². The summed E-state index contributed by atoms with van der Waals surface area (Å²) < 4.78 is 41.0. The smallest absolute Gasteiger partial charge is 0.341 e. The Bertz CT molecular complexity index is 1030. The molecule has 0 aliphatic rings. The Morgan fingerprint density at radius 1 is 1.33 bits per heavy atom. The fourth-order valence-electron chi connectivity index (χ4n) is 1.86. The monoisotopic (exact) mass is 435 g/mol. The second kappa shape index (κ2) is 8.17. The number of benzene rings is 1. The first kappa shape index (κ1) is 21.0. The molecule has 3 N–H and O–H groups in total.